The highest BCUT2D eigenvalue weighted by Crippen LogP contribution is 2.43. The number of rotatable bonds is 8. The molecule has 37 heavy (non-hydrogen) atoms. The molecule has 8 nitrogen and oxygen atoms in total. The van der Waals surface area contributed by atoms with Crippen LogP contribution in [0.4, 0.5) is 11.4 Å². The first-order valence-electron chi connectivity index (χ1n) is 11.9. The first kappa shape index (κ1) is 25.5. The zero-order valence-electron chi connectivity index (χ0n) is 20.9. The van der Waals surface area contributed by atoms with E-state index in [0.717, 1.165) is 6.42 Å². The Hall–Kier alpha value is -4.59. The minimum Gasteiger partial charge on any atom is -0.507 e. The molecule has 0 radical (unpaired) electrons. The Balaban J connectivity index is 1.84. The Morgan fingerprint density at radius 3 is 2.30 bits per heavy atom. The number of ketones is 1. The summed E-state index contributed by atoms with van der Waals surface area (Å²) < 4.78 is 10.9. The maximum atomic E-state index is 13.4. The number of nitrogens with zero attached hydrogens (tertiary/aromatic N) is 1. The van der Waals surface area contributed by atoms with Gasteiger partial charge in [-0.3, -0.25) is 19.3 Å². The monoisotopic (exact) mass is 500 g/mol. The molecular weight excluding hydrogens is 472 g/mol. The Labute approximate surface area is 215 Å². The Morgan fingerprint density at radius 2 is 1.68 bits per heavy atom. The van der Waals surface area contributed by atoms with Gasteiger partial charge < -0.3 is 19.9 Å². The number of carbonyl (C=O) groups is 3. The molecule has 0 saturated carbocycles. The maximum absolute atomic E-state index is 13.4. The third-order valence-electron chi connectivity index (χ3n) is 5.92. The summed E-state index contributed by atoms with van der Waals surface area (Å²) in [5.41, 5.74) is 1.82. The summed E-state index contributed by atoms with van der Waals surface area (Å²) in [6.07, 6.45) is 0.857. The highest BCUT2D eigenvalue weighted by Gasteiger charge is 2.47. The lowest BCUT2D eigenvalue weighted by atomic mass is 9.95. The van der Waals surface area contributed by atoms with Gasteiger partial charge in [-0.1, -0.05) is 25.1 Å². The van der Waals surface area contributed by atoms with Crippen molar-refractivity contribution in [2.45, 2.75) is 26.3 Å². The van der Waals surface area contributed by atoms with E-state index in [9.17, 15) is 19.5 Å². The molecule has 1 fully saturated rings. The van der Waals surface area contributed by atoms with Gasteiger partial charge in [0.1, 0.15) is 17.3 Å². The van der Waals surface area contributed by atoms with Gasteiger partial charge in [0.15, 0.2) is 0 Å². The molecule has 0 spiro atoms. The number of nitrogens with one attached hydrogen (secondary N) is 1. The molecule has 8 heteroatoms. The standard InChI is InChI=1S/C29H28N2O6/c1-4-16-37-24-14-10-20(11-15-24)27(33)25-26(19-8-12-23(36-3)13-9-19)31(29(35)28(25)34)22-7-5-6-21(17-22)30-18(2)32/h5-15,17,26,33H,4,16H2,1-3H3,(H,30,32)/b27-25+. The van der Waals surface area contributed by atoms with Crippen LogP contribution in [0.2, 0.25) is 0 Å². The molecule has 0 bridgehead atoms. The molecule has 4 rings (SSSR count). The van der Waals surface area contributed by atoms with Crippen LogP contribution in [0, 0.1) is 0 Å². The summed E-state index contributed by atoms with van der Waals surface area (Å²) >= 11 is 0. The van der Waals surface area contributed by atoms with Gasteiger partial charge in [-0.2, -0.15) is 0 Å². The molecule has 1 atom stereocenters. The lowest BCUT2D eigenvalue weighted by Crippen LogP contribution is -2.29. The molecular formula is C29H28N2O6. The smallest absolute Gasteiger partial charge is 0.300 e. The molecule has 2 amide bonds. The average Bonchev–Trinajstić information content (AvgIpc) is 3.17. The van der Waals surface area contributed by atoms with Crippen molar-refractivity contribution < 1.29 is 29.0 Å². The van der Waals surface area contributed by atoms with E-state index in [-0.39, 0.29) is 17.2 Å². The first-order chi connectivity index (χ1) is 17.8. The van der Waals surface area contributed by atoms with Gasteiger partial charge in [-0.05, 0) is 66.6 Å². The summed E-state index contributed by atoms with van der Waals surface area (Å²) in [4.78, 5) is 39.6. The fourth-order valence-electron chi connectivity index (χ4n) is 4.22. The summed E-state index contributed by atoms with van der Waals surface area (Å²) in [5.74, 6) is -0.907. The second-order valence-electron chi connectivity index (χ2n) is 8.55. The Kier molecular flexibility index (Phi) is 7.57. The summed E-state index contributed by atoms with van der Waals surface area (Å²) in [7, 11) is 1.54. The SMILES string of the molecule is CCCOc1ccc(/C(O)=C2\C(=O)C(=O)N(c3cccc(NC(C)=O)c3)C2c2ccc(OC)cc2)cc1. The first-order valence-corrected chi connectivity index (χ1v) is 11.9. The fraction of sp³-hybridized carbons (Fsp3) is 0.207. The van der Waals surface area contributed by atoms with Crippen molar-refractivity contribution in [1.29, 1.82) is 0 Å². The highest BCUT2D eigenvalue weighted by molar-refractivity contribution is 6.51. The van der Waals surface area contributed by atoms with Crippen LogP contribution < -0.4 is 19.7 Å². The van der Waals surface area contributed by atoms with Crippen LogP contribution in [0.5, 0.6) is 11.5 Å². The molecule has 1 aliphatic rings. The van der Waals surface area contributed by atoms with Gasteiger partial charge in [0.05, 0.1) is 25.3 Å². The molecule has 1 heterocycles. The molecule has 3 aromatic rings. The Bertz CT molecular complexity index is 1350. The second-order valence-corrected chi connectivity index (χ2v) is 8.55. The van der Waals surface area contributed by atoms with Crippen LogP contribution in [0.1, 0.15) is 37.4 Å². The zero-order valence-corrected chi connectivity index (χ0v) is 20.9. The summed E-state index contributed by atoms with van der Waals surface area (Å²) in [5, 5.41) is 14.0. The van der Waals surface area contributed by atoms with Crippen molar-refractivity contribution in [1.82, 2.24) is 0 Å². The van der Waals surface area contributed by atoms with E-state index in [1.807, 2.05) is 6.92 Å². The Morgan fingerprint density at radius 1 is 1.00 bits per heavy atom. The minimum atomic E-state index is -0.908. The molecule has 3 aromatic carbocycles. The van der Waals surface area contributed by atoms with Gasteiger partial charge in [0.2, 0.25) is 5.91 Å². The van der Waals surface area contributed by atoms with Crippen LogP contribution in [-0.4, -0.2) is 36.4 Å². The van der Waals surface area contributed by atoms with E-state index in [4.69, 9.17) is 9.47 Å². The topological polar surface area (TPSA) is 105 Å². The van der Waals surface area contributed by atoms with Gasteiger partial charge in [-0.25, -0.2) is 0 Å². The minimum absolute atomic E-state index is 0.0395. The molecule has 0 aromatic heterocycles. The number of benzene rings is 3. The van der Waals surface area contributed by atoms with Crippen LogP contribution in [0.25, 0.3) is 5.76 Å². The number of aliphatic hydroxyl groups is 1. The number of aliphatic hydroxyl groups excluding tert-OH is 1. The van der Waals surface area contributed by atoms with E-state index in [1.165, 1.54) is 11.8 Å². The fourth-order valence-corrected chi connectivity index (χ4v) is 4.22. The normalized spacial score (nSPS) is 16.5. The van der Waals surface area contributed by atoms with Crippen molar-refractivity contribution in [2.24, 2.45) is 0 Å². The van der Waals surface area contributed by atoms with Crippen molar-refractivity contribution in [3.8, 4) is 11.5 Å². The van der Waals surface area contributed by atoms with Crippen LogP contribution in [0.15, 0.2) is 78.4 Å². The largest absolute Gasteiger partial charge is 0.507 e. The number of hydrogen-bond acceptors (Lipinski definition) is 6. The maximum Gasteiger partial charge on any atom is 0.300 e. The predicted octanol–water partition coefficient (Wildman–Crippen LogP) is 5.07. The number of anilines is 2. The van der Waals surface area contributed by atoms with Crippen LogP contribution in [0.3, 0.4) is 0 Å². The third kappa shape index (κ3) is 5.33. The van der Waals surface area contributed by atoms with Crippen molar-refractivity contribution in [3.05, 3.63) is 89.5 Å². The molecule has 1 unspecified atom stereocenters. The number of hydrogen-bond donors (Lipinski definition) is 2. The molecule has 1 aliphatic heterocycles. The molecule has 0 aliphatic carbocycles. The van der Waals surface area contributed by atoms with Gasteiger partial charge in [0, 0.05) is 23.9 Å². The number of ether oxygens (including phenoxy) is 2. The number of methoxy groups -OCH3 is 1. The molecule has 2 N–H and O–H groups in total. The van der Waals surface area contributed by atoms with E-state index in [1.54, 1.807) is 79.9 Å². The highest BCUT2D eigenvalue weighted by atomic mass is 16.5. The van der Waals surface area contributed by atoms with Crippen molar-refractivity contribution >= 4 is 34.7 Å². The molecule has 190 valence electrons. The predicted molar refractivity (Wildman–Crippen MR) is 141 cm³/mol. The quantitative estimate of drug-likeness (QED) is 0.254. The summed E-state index contributed by atoms with van der Waals surface area (Å²) in [6.45, 7) is 3.95. The van der Waals surface area contributed by atoms with E-state index in [0.29, 0.717) is 40.6 Å². The van der Waals surface area contributed by atoms with E-state index in [2.05, 4.69) is 5.32 Å². The van der Waals surface area contributed by atoms with E-state index < -0.39 is 17.7 Å². The molecule has 1 saturated heterocycles. The van der Waals surface area contributed by atoms with E-state index >= 15 is 0 Å². The van der Waals surface area contributed by atoms with Gasteiger partial charge >= 0.3 is 0 Å². The number of amides is 2. The average molecular weight is 501 g/mol. The van der Waals surface area contributed by atoms with Crippen LogP contribution in [-0.2, 0) is 14.4 Å². The zero-order chi connectivity index (χ0) is 26.5. The van der Waals surface area contributed by atoms with Crippen molar-refractivity contribution in [3.63, 3.8) is 0 Å². The lowest BCUT2D eigenvalue weighted by molar-refractivity contribution is -0.132. The number of carbonyl (C=O) groups excluding carboxylic acids is 3. The third-order valence-corrected chi connectivity index (χ3v) is 5.92. The number of Topliss-reactive ketones (excluding diaryl/α,β-unsaturated/α-hetero) is 1. The van der Waals surface area contributed by atoms with Gasteiger partial charge in [-0.15, -0.1) is 0 Å². The summed E-state index contributed by atoms with van der Waals surface area (Å²) in [6, 6.07) is 19.4. The van der Waals surface area contributed by atoms with Gasteiger partial charge in [0.25, 0.3) is 11.7 Å². The van der Waals surface area contributed by atoms with Crippen LogP contribution >= 0.6 is 0 Å². The lowest BCUT2D eigenvalue weighted by Gasteiger charge is -2.26. The van der Waals surface area contributed by atoms with Crippen molar-refractivity contribution in [2.75, 3.05) is 23.9 Å². The second kappa shape index (κ2) is 11.0.